The molecule has 0 aromatic rings. The third kappa shape index (κ3) is 24.8. The van der Waals surface area contributed by atoms with Crippen LogP contribution in [0.3, 0.4) is 0 Å². The molecule has 0 aliphatic carbocycles. The summed E-state index contributed by atoms with van der Waals surface area (Å²) in [5.74, 6) is -1.29. The van der Waals surface area contributed by atoms with Crippen LogP contribution in [0.2, 0.25) is 0 Å². The number of aliphatic carboxylic acids is 1. The third-order valence-corrected chi connectivity index (χ3v) is 1.91. The fourth-order valence-corrected chi connectivity index (χ4v) is 0.931. The first-order valence-corrected chi connectivity index (χ1v) is 5.72. The second kappa shape index (κ2) is 16.1. The quantitative estimate of drug-likeness (QED) is 0.445. The second-order valence-electron chi connectivity index (χ2n) is 3.10. The summed E-state index contributed by atoms with van der Waals surface area (Å²) in [6.45, 7) is 0.639. The molecule has 0 aliphatic rings. The first-order chi connectivity index (χ1) is 7.18. The predicted molar refractivity (Wildman–Crippen MR) is 60.2 cm³/mol. The first-order valence-electron chi connectivity index (χ1n) is 5.18. The van der Waals surface area contributed by atoms with Crippen molar-refractivity contribution in [1.29, 1.82) is 0 Å². The molecule has 0 aromatic heterocycles. The summed E-state index contributed by atoms with van der Waals surface area (Å²) < 4.78 is 0. The molecule has 92 valence electrons. The molecule has 0 saturated carbocycles. The molecule has 15 heavy (non-hydrogen) atoms. The van der Waals surface area contributed by atoms with Crippen LogP contribution in [0.25, 0.3) is 0 Å². The van der Waals surface area contributed by atoms with Crippen molar-refractivity contribution in [2.75, 3.05) is 19.1 Å². The van der Waals surface area contributed by atoms with Gasteiger partial charge in [0, 0.05) is 13.2 Å². The molecular formula is C10H21ClO4. The van der Waals surface area contributed by atoms with Crippen molar-refractivity contribution in [3.05, 3.63) is 0 Å². The Morgan fingerprint density at radius 2 is 1.13 bits per heavy atom. The Morgan fingerprint density at radius 1 is 0.867 bits per heavy atom. The Kier molecular flexibility index (Phi) is 18.4. The lowest BCUT2D eigenvalue weighted by molar-refractivity contribution is -0.134. The first kappa shape index (κ1) is 17.1. The maximum Gasteiger partial charge on any atom is 0.318 e. The van der Waals surface area contributed by atoms with Gasteiger partial charge in [-0.15, -0.1) is 11.6 Å². The van der Waals surface area contributed by atoms with Crippen molar-refractivity contribution in [1.82, 2.24) is 0 Å². The van der Waals surface area contributed by atoms with E-state index in [1.54, 1.807) is 0 Å². The summed E-state index contributed by atoms with van der Waals surface area (Å²) in [5, 5.41) is 24.4. The van der Waals surface area contributed by atoms with Crippen LogP contribution in [0, 0.1) is 0 Å². The molecule has 0 aliphatic heterocycles. The Bertz CT molecular complexity index is 123. The lowest BCUT2D eigenvalue weighted by atomic mass is 10.1. The van der Waals surface area contributed by atoms with Crippen LogP contribution in [0.5, 0.6) is 0 Å². The van der Waals surface area contributed by atoms with Gasteiger partial charge in [0.05, 0.1) is 0 Å². The minimum absolute atomic E-state index is 0.306. The van der Waals surface area contributed by atoms with E-state index in [0.717, 1.165) is 25.7 Å². The highest BCUT2D eigenvalue weighted by Crippen LogP contribution is 2.03. The minimum Gasteiger partial charge on any atom is -0.480 e. The van der Waals surface area contributed by atoms with Crippen molar-refractivity contribution >= 4 is 17.6 Å². The van der Waals surface area contributed by atoms with Gasteiger partial charge in [-0.2, -0.15) is 0 Å². The molecule has 4 nitrogen and oxygen atoms in total. The van der Waals surface area contributed by atoms with Crippen LogP contribution < -0.4 is 0 Å². The van der Waals surface area contributed by atoms with E-state index in [0.29, 0.717) is 13.2 Å². The molecular weight excluding hydrogens is 220 g/mol. The van der Waals surface area contributed by atoms with E-state index in [1.807, 2.05) is 0 Å². The summed E-state index contributed by atoms with van der Waals surface area (Å²) in [6.07, 6.45) is 6.50. The molecule has 0 heterocycles. The Morgan fingerprint density at radius 3 is 1.33 bits per heavy atom. The van der Waals surface area contributed by atoms with Gasteiger partial charge < -0.3 is 15.3 Å². The number of hydrogen-bond donors (Lipinski definition) is 3. The van der Waals surface area contributed by atoms with E-state index >= 15 is 0 Å². The van der Waals surface area contributed by atoms with Gasteiger partial charge in [-0.3, -0.25) is 4.79 Å². The molecule has 0 bridgehead atoms. The molecule has 0 amide bonds. The van der Waals surface area contributed by atoms with Crippen molar-refractivity contribution in [3.63, 3.8) is 0 Å². The molecule has 0 rings (SSSR count). The van der Waals surface area contributed by atoms with Gasteiger partial charge >= 0.3 is 5.97 Å². The van der Waals surface area contributed by atoms with E-state index in [9.17, 15) is 4.79 Å². The van der Waals surface area contributed by atoms with Crippen LogP contribution in [-0.2, 0) is 4.79 Å². The lowest BCUT2D eigenvalue weighted by Crippen LogP contribution is -1.92. The standard InChI is InChI=1S/C8H18O2.C2H3ClO2/c9-7-5-3-1-2-4-6-8-10;3-1-2(4)5/h9-10H,1-8H2;1H2,(H,4,5). The highest BCUT2D eigenvalue weighted by molar-refractivity contribution is 6.26. The summed E-state index contributed by atoms with van der Waals surface area (Å²) in [5.41, 5.74) is 0. The number of carboxylic acid groups (broad SMARTS) is 1. The Balaban J connectivity index is 0. The number of rotatable bonds is 8. The van der Waals surface area contributed by atoms with Gasteiger partial charge in [0.15, 0.2) is 0 Å². The van der Waals surface area contributed by atoms with Gasteiger partial charge in [-0.1, -0.05) is 25.7 Å². The van der Waals surface area contributed by atoms with E-state index in [2.05, 4.69) is 0 Å². The average molecular weight is 241 g/mol. The number of halogens is 1. The topological polar surface area (TPSA) is 77.8 Å². The largest absolute Gasteiger partial charge is 0.480 e. The molecule has 0 fully saturated rings. The summed E-state index contributed by atoms with van der Waals surface area (Å²) in [4.78, 5) is 9.24. The van der Waals surface area contributed by atoms with Gasteiger partial charge in [0.1, 0.15) is 5.88 Å². The van der Waals surface area contributed by atoms with Crippen LogP contribution in [0.1, 0.15) is 38.5 Å². The zero-order valence-electron chi connectivity index (χ0n) is 8.99. The maximum atomic E-state index is 9.24. The second-order valence-corrected chi connectivity index (χ2v) is 3.36. The van der Waals surface area contributed by atoms with E-state index in [4.69, 9.17) is 26.9 Å². The summed E-state index contributed by atoms with van der Waals surface area (Å²) in [6, 6.07) is 0. The highest BCUT2D eigenvalue weighted by atomic mass is 35.5. The smallest absolute Gasteiger partial charge is 0.318 e. The fraction of sp³-hybridized carbons (Fsp3) is 0.900. The fourth-order valence-electron chi connectivity index (χ4n) is 0.931. The molecule has 3 N–H and O–H groups in total. The SMILES string of the molecule is O=C(O)CCl.OCCCCCCCCO. The predicted octanol–water partition coefficient (Wildman–Crippen LogP) is 1.62. The normalized spacial score (nSPS) is 9.27. The van der Waals surface area contributed by atoms with Gasteiger partial charge in [0.25, 0.3) is 0 Å². The molecule has 0 aromatic carbocycles. The van der Waals surface area contributed by atoms with E-state index in [1.165, 1.54) is 12.8 Å². The lowest BCUT2D eigenvalue weighted by Gasteiger charge is -1.97. The van der Waals surface area contributed by atoms with Crippen molar-refractivity contribution in [2.24, 2.45) is 0 Å². The van der Waals surface area contributed by atoms with E-state index in [-0.39, 0.29) is 5.88 Å². The molecule has 0 atom stereocenters. The zero-order chi connectivity index (χ0) is 11.9. The van der Waals surface area contributed by atoms with Gasteiger partial charge in [0.2, 0.25) is 0 Å². The van der Waals surface area contributed by atoms with Crippen LogP contribution in [-0.4, -0.2) is 40.4 Å². The molecule has 5 heteroatoms. The zero-order valence-corrected chi connectivity index (χ0v) is 9.75. The number of unbranched alkanes of at least 4 members (excludes halogenated alkanes) is 5. The van der Waals surface area contributed by atoms with Crippen LogP contribution in [0.4, 0.5) is 0 Å². The van der Waals surface area contributed by atoms with Gasteiger partial charge in [-0.05, 0) is 12.8 Å². The Hall–Kier alpha value is -0.320. The van der Waals surface area contributed by atoms with Gasteiger partial charge in [-0.25, -0.2) is 0 Å². The molecule has 0 unspecified atom stereocenters. The van der Waals surface area contributed by atoms with Crippen molar-refractivity contribution in [2.45, 2.75) is 38.5 Å². The minimum atomic E-state index is -0.980. The summed E-state index contributed by atoms with van der Waals surface area (Å²) in [7, 11) is 0. The number of carbonyl (C=O) groups is 1. The number of carboxylic acids is 1. The monoisotopic (exact) mass is 240 g/mol. The van der Waals surface area contributed by atoms with Crippen molar-refractivity contribution in [3.8, 4) is 0 Å². The molecule has 0 saturated heterocycles. The maximum absolute atomic E-state index is 9.24. The third-order valence-electron chi connectivity index (χ3n) is 1.68. The number of hydrogen-bond acceptors (Lipinski definition) is 3. The molecule has 0 spiro atoms. The van der Waals surface area contributed by atoms with Crippen LogP contribution in [0.15, 0.2) is 0 Å². The number of aliphatic hydroxyl groups is 2. The van der Waals surface area contributed by atoms with Crippen molar-refractivity contribution < 1.29 is 20.1 Å². The average Bonchev–Trinajstić information content (AvgIpc) is 2.24. The molecule has 0 radical (unpaired) electrons. The summed E-state index contributed by atoms with van der Waals surface area (Å²) >= 11 is 4.74. The number of aliphatic hydroxyl groups excluding tert-OH is 2. The van der Waals surface area contributed by atoms with E-state index < -0.39 is 5.97 Å². The van der Waals surface area contributed by atoms with Crippen LogP contribution >= 0.6 is 11.6 Å². The number of alkyl halides is 1. The highest BCUT2D eigenvalue weighted by Gasteiger charge is 1.88. The Labute approximate surface area is 95.9 Å².